The minimum absolute atomic E-state index is 0.198. The molecule has 1 aliphatic rings. The molecule has 1 unspecified atom stereocenters. The fraction of sp³-hybridized carbons (Fsp3) is 0.786. The summed E-state index contributed by atoms with van der Waals surface area (Å²) >= 11 is 0. The Morgan fingerprint density at radius 1 is 1.40 bits per heavy atom. The molecule has 1 saturated heterocycles. The maximum Gasteiger partial charge on any atom is 0.152 e. The van der Waals surface area contributed by atoms with Crippen LogP contribution in [0, 0.1) is 13.8 Å². The fourth-order valence-electron chi connectivity index (χ4n) is 3.01. The van der Waals surface area contributed by atoms with E-state index in [1.165, 1.54) is 5.56 Å². The van der Waals surface area contributed by atoms with Gasteiger partial charge in [0.2, 0.25) is 0 Å². The molecule has 6 heteroatoms. The van der Waals surface area contributed by atoms with Gasteiger partial charge in [0.25, 0.3) is 0 Å². The van der Waals surface area contributed by atoms with Gasteiger partial charge in [-0.25, -0.2) is 8.42 Å². The van der Waals surface area contributed by atoms with Gasteiger partial charge in [0.05, 0.1) is 22.7 Å². The van der Waals surface area contributed by atoms with Crippen LogP contribution in [0.4, 0.5) is 0 Å². The number of rotatable bonds is 5. The Morgan fingerprint density at radius 2 is 2.10 bits per heavy atom. The molecule has 1 atom stereocenters. The molecular weight excluding hydrogens is 274 g/mol. The van der Waals surface area contributed by atoms with E-state index in [4.69, 9.17) is 0 Å². The monoisotopic (exact) mass is 299 g/mol. The van der Waals surface area contributed by atoms with Gasteiger partial charge in [-0.2, -0.15) is 5.10 Å². The summed E-state index contributed by atoms with van der Waals surface area (Å²) in [6.07, 6.45) is 1.75. The number of aryl methyl sites for hydroxylation is 1. The van der Waals surface area contributed by atoms with Crippen molar-refractivity contribution in [3.05, 3.63) is 17.0 Å². The number of nitrogens with zero attached hydrogens (tertiary/aromatic N) is 2. The molecule has 0 spiro atoms. The van der Waals surface area contributed by atoms with E-state index in [9.17, 15) is 8.42 Å². The van der Waals surface area contributed by atoms with Gasteiger partial charge in [-0.1, -0.05) is 6.92 Å². The van der Waals surface area contributed by atoms with Crippen molar-refractivity contribution in [3.8, 4) is 0 Å². The van der Waals surface area contributed by atoms with Crippen molar-refractivity contribution in [1.29, 1.82) is 0 Å². The third-order valence-corrected chi connectivity index (χ3v) is 6.05. The molecule has 1 aliphatic heterocycles. The van der Waals surface area contributed by atoms with Gasteiger partial charge in [-0.15, -0.1) is 0 Å². The van der Waals surface area contributed by atoms with Crippen LogP contribution in [0.25, 0.3) is 0 Å². The zero-order chi connectivity index (χ0) is 15.0. The molecule has 1 N–H and O–H groups in total. The Morgan fingerprint density at radius 3 is 2.65 bits per heavy atom. The zero-order valence-electron chi connectivity index (χ0n) is 12.9. The number of aromatic nitrogens is 2. The third kappa shape index (κ3) is 2.91. The summed E-state index contributed by atoms with van der Waals surface area (Å²) in [6, 6.07) is 0. The highest BCUT2D eigenvalue weighted by Crippen LogP contribution is 2.32. The Kier molecular flexibility index (Phi) is 4.25. The Bertz CT molecular complexity index is 592. The molecule has 2 rings (SSSR count). The molecule has 1 aromatic rings. The standard InChI is InChI=1S/C14H25N3O2S/c1-5-7-15-9-13-11(2)16-17(12(13)3)14(4)6-8-20(18,19)10-14/h15H,5-10H2,1-4H3. The first-order chi connectivity index (χ1) is 9.29. The van der Waals surface area contributed by atoms with Crippen LogP contribution in [0.3, 0.4) is 0 Å². The van der Waals surface area contributed by atoms with Crippen LogP contribution < -0.4 is 5.32 Å². The maximum atomic E-state index is 11.8. The molecule has 114 valence electrons. The third-order valence-electron chi connectivity index (χ3n) is 4.16. The quantitative estimate of drug-likeness (QED) is 0.838. The van der Waals surface area contributed by atoms with Crippen LogP contribution >= 0.6 is 0 Å². The maximum absolute atomic E-state index is 11.8. The molecule has 0 radical (unpaired) electrons. The van der Waals surface area contributed by atoms with Crippen LogP contribution in [0.2, 0.25) is 0 Å². The van der Waals surface area contributed by atoms with Crippen LogP contribution in [0.5, 0.6) is 0 Å². The topological polar surface area (TPSA) is 64.0 Å². The van der Waals surface area contributed by atoms with Gasteiger partial charge in [0, 0.05) is 17.8 Å². The highest BCUT2D eigenvalue weighted by atomic mass is 32.2. The van der Waals surface area contributed by atoms with E-state index in [0.717, 1.165) is 30.9 Å². The van der Waals surface area contributed by atoms with Crippen molar-refractivity contribution in [2.45, 2.75) is 52.6 Å². The molecule has 2 heterocycles. The minimum atomic E-state index is -2.92. The van der Waals surface area contributed by atoms with Crippen LogP contribution in [0.15, 0.2) is 0 Å². The van der Waals surface area contributed by atoms with Gasteiger partial charge in [-0.3, -0.25) is 4.68 Å². The highest BCUT2D eigenvalue weighted by Gasteiger charge is 2.41. The SMILES string of the molecule is CCCNCc1c(C)nn(C2(C)CCS(=O)(=O)C2)c1C. The molecule has 0 aromatic carbocycles. The van der Waals surface area contributed by atoms with E-state index in [1.54, 1.807) is 0 Å². The van der Waals surface area contributed by atoms with Gasteiger partial charge in [0.1, 0.15) is 0 Å². The van der Waals surface area contributed by atoms with E-state index in [1.807, 2.05) is 25.5 Å². The Hall–Kier alpha value is -0.880. The van der Waals surface area contributed by atoms with Crippen LogP contribution in [-0.2, 0) is 21.9 Å². The average Bonchev–Trinajstić information content (AvgIpc) is 2.80. The second-order valence-electron chi connectivity index (χ2n) is 6.08. The van der Waals surface area contributed by atoms with E-state index in [-0.39, 0.29) is 11.5 Å². The first-order valence-corrected chi connectivity index (χ1v) is 9.08. The minimum Gasteiger partial charge on any atom is -0.313 e. The summed E-state index contributed by atoms with van der Waals surface area (Å²) < 4.78 is 25.5. The summed E-state index contributed by atoms with van der Waals surface area (Å²) in [7, 11) is -2.92. The summed E-state index contributed by atoms with van der Waals surface area (Å²) in [5, 5.41) is 8.01. The van der Waals surface area contributed by atoms with Crippen molar-refractivity contribution in [3.63, 3.8) is 0 Å². The van der Waals surface area contributed by atoms with Gasteiger partial charge in [-0.05, 0) is 40.2 Å². The van der Waals surface area contributed by atoms with Crippen molar-refractivity contribution >= 4 is 9.84 Å². The highest BCUT2D eigenvalue weighted by molar-refractivity contribution is 7.91. The number of sulfone groups is 1. The molecule has 1 aromatic heterocycles. The largest absolute Gasteiger partial charge is 0.313 e. The van der Waals surface area contributed by atoms with E-state index >= 15 is 0 Å². The van der Waals surface area contributed by atoms with E-state index in [2.05, 4.69) is 17.3 Å². The normalized spacial score (nSPS) is 25.2. The molecule has 0 amide bonds. The van der Waals surface area contributed by atoms with Crippen LogP contribution in [-0.4, -0.2) is 36.2 Å². The van der Waals surface area contributed by atoms with Crippen molar-refractivity contribution in [1.82, 2.24) is 15.1 Å². The second kappa shape index (κ2) is 5.48. The summed E-state index contributed by atoms with van der Waals surface area (Å²) in [5.74, 6) is 0.467. The molecule has 1 fully saturated rings. The first kappa shape index (κ1) is 15.5. The fourth-order valence-corrected chi connectivity index (χ4v) is 5.12. The average molecular weight is 299 g/mol. The Labute approximate surface area is 121 Å². The van der Waals surface area contributed by atoms with Gasteiger partial charge in [0.15, 0.2) is 9.84 Å². The molecule has 0 saturated carbocycles. The van der Waals surface area contributed by atoms with Gasteiger partial charge >= 0.3 is 0 Å². The number of hydrogen-bond donors (Lipinski definition) is 1. The lowest BCUT2D eigenvalue weighted by molar-refractivity contribution is 0.320. The molecule has 0 aliphatic carbocycles. The summed E-state index contributed by atoms with van der Waals surface area (Å²) in [4.78, 5) is 0. The lowest BCUT2D eigenvalue weighted by atomic mass is 10.0. The molecule has 0 bridgehead atoms. The number of hydrogen-bond acceptors (Lipinski definition) is 4. The van der Waals surface area contributed by atoms with Crippen LogP contribution in [0.1, 0.15) is 43.6 Å². The predicted molar refractivity (Wildman–Crippen MR) is 80.6 cm³/mol. The van der Waals surface area contributed by atoms with Crippen molar-refractivity contribution in [2.75, 3.05) is 18.1 Å². The molecule has 20 heavy (non-hydrogen) atoms. The van der Waals surface area contributed by atoms with Gasteiger partial charge < -0.3 is 5.32 Å². The summed E-state index contributed by atoms with van der Waals surface area (Å²) in [5.41, 5.74) is 2.89. The number of nitrogens with one attached hydrogen (secondary N) is 1. The predicted octanol–water partition coefficient (Wildman–Crippen LogP) is 1.53. The molecular formula is C14H25N3O2S. The van der Waals surface area contributed by atoms with E-state index in [0.29, 0.717) is 6.42 Å². The summed E-state index contributed by atoms with van der Waals surface area (Å²) in [6.45, 7) is 9.96. The van der Waals surface area contributed by atoms with Crippen molar-refractivity contribution in [2.24, 2.45) is 0 Å². The van der Waals surface area contributed by atoms with E-state index < -0.39 is 15.4 Å². The second-order valence-corrected chi connectivity index (χ2v) is 8.26. The smallest absolute Gasteiger partial charge is 0.152 e. The first-order valence-electron chi connectivity index (χ1n) is 7.26. The lowest BCUT2D eigenvalue weighted by Gasteiger charge is -2.24. The zero-order valence-corrected chi connectivity index (χ0v) is 13.7. The Balaban J connectivity index is 2.28. The van der Waals surface area contributed by atoms with Crippen molar-refractivity contribution < 1.29 is 8.42 Å². The molecule has 5 nitrogen and oxygen atoms in total. The lowest BCUT2D eigenvalue weighted by Crippen LogP contribution is -2.33.